The van der Waals surface area contributed by atoms with Crippen LogP contribution in [0.4, 0.5) is 0 Å². The standard InChI is InChI=1S/C21H33N3O/c1-21(2,3)19-9-6-18(7-10-19)8-11-20(25)22-12-5-13-24-16-14-23(4)15-17-24/h6-11H,5,12-17H2,1-4H3,(H,22,25)/b11-8+. The molecule has 25 heavy (non-hydrogen) atoms. The number of likely N-dealkylation sites (N-methyl/N-ethyl adjacent to an activating group) is 1. The van der Waals surface area contributed by atoms with Crippen LogP contribution in [-0.4, -0.2) is 62.0 Å². The molecular weight excluding hydrogens is 310 g/mol. The Bertz CT molecular complexity index is 564. The first kappa shape index (κ1) is 19.7. The van der Waals surface area contributed by atoms with Gasteiger partial charge in [0.05, 0.1) is 0 Å². The smallest absolute Gasteiger partial charge is 0.243 e. The first-order valence-corrected chi connectivity index (χ1v) is 9.32. The molecule has 0 unspecified atom stereocenters. The summed E-state index contributed by atoms with van der Waals surface area (Å²) in [4.78, 5) is 16.7. The molecule has 0 aromatic heterocycles. The molecule has 0 aliphatic carbocycles. The molecule has 0 bridgehead atoms. The Morgan fingerprint density at radius 3 is 2.36 bits per heavy atom. The van der Waals surface area contributed by atoms with Crippen molar-refractivity contribution >= 4 is 12.0 Å². The number of hydrogen-bond donors (Lipinski definition) is 1. The molecule has 0 atom stereocenters. The molecule has 1 aliphatic heterocycles. The predicted molar refractivity (Wildman–Crippen MR) is 106 cm³/mol. The largest absolute Gasteiger partial charge is 0.353 e. The average Bonchev–Trinajstić information content (AvgIpc) is 2.58. The summed E-state index contributed by atoms with van der Waals surface area (Å²) < 4.78 is 0. The molecule has 1 N–H and O–H groups in total. The number of amides is 1. The van der Waals surface area contributed by atoms with Gasteiger partial charge in [-0.1, -0.05) is 45.0 Å². The lowest BCUT2D eigenvalue weighted by molar-refractivity contribution is -0.116. The van der Waals surface area contributed by atoms with Crippen LogP contribution >= 0.6 is 0 Å². The highest BCUT2D eigenvalue weighted by atomic mass is 16.1. The lowest BCUT2D eigenvalue weighted by Crippen LogP contribution is -2.45. The molecule has 1 fully saturated rings. The quantitative estimate of drug-likeness (QED) is 0.637. The molecule has 1 saturated heterocycles. The van der Waals surface area contributed by atoms with Crippen LogP contribution in [0.3, 0.4) is 0 Å². The minimum Gasteiger partial charge on any atom is -0.353 e. The van der Waals surface area contributed by atoms with Gasteiger partial charge in [-0.2, -0.15) is 0 Å². The summed E-state index contributed by atoms with van der Waals surface area (Å²) in [6, 6.07) is 8.40. The van der Waals surface area contributed by atoms with Crippen LogP contribution < -0.4 is 5.32 Å². The summed E-state index contributed by atoms with van der Waals surface area (Å²) in [7, 11) is 2.17. The normalized spacial score (nSPS) is 17.1. The van der Waals surface area contributed by atoms with E-state index >= 15 is 0 Å². The molecule has 1 amide bonds. The lowest BCUT2D eigenvalue weighted by Gasteiger charge is -2.32. The van der Waals surface area contributed by atoms with Crippen LogP contribution in [0.5, 0.6) is 0 Å². The summed E-state index contributed by atoms with van der Waals surface area (Å²) in [5.74, 6) is -0.0155. The zero-order valence-corrected chi connectivity index (χ0v) is 16.2. The molecule has 1 heterocycles. The van der Waals surface area contributed by atoms with E-state index in [2.05, 4.69) is 67.2 Å². The first-order valence-electron chi connectivity index (χ1n) is 9.32. The van der Waals surface area contributed by atoms with Crippen molar-refractivity contribution in [3.05, 3.63) is 41.5 Å². The summed E-state index contributed by atoms with van der Waals surface area (Å²) in [5.41, 5.74) is 2.52. The number of piperazine rings is 1. The van der Waals surface area contributed by atoms with Gasteiger partial charge in [0.2, 0.25) is 5.91 Å². The van der Waals surface area contributed by atoms with Crippen molar-refractivity contribution in [3.63, 3.8) is 0 Å². The van der Waals surface area contributed by atoms with Gasteiger partial charge in [-0.25, -0.2) is 0 Å². The van der Waals surface area contributed by atoms with E-state index in [9.17, 15) is 4.79 Å². The fourth-order valence-corrected chi connectivity index (χ4v) is 2.91. The molecule has 1 aliphatic rings. The highest BCUT2D eigenvalue weighted by molar-refractivity contribution is 5.91. The van der Waals surface area contributed by atoms with Gasteiger partial charge in [0, 0.05) is 38.8 Å². The Balaban J connectivity index is 1.67. The fourth-order valence-electron chi connectivity index (χ4n) is 2.91. The number of benzene rings is 1. The maximum Gasteiger partial charge on any atom is 0.243 e. The number of nitrogens with zero attached hydrogens (tertiary/aromatic N) is 2. The van der Waals surface area contributed by atoms with Crippen molar-refractivity contribution in [3.8, 4) is 0 Å². The molecular formula is C21H33N3O. The molecule has 4 nitrogen and oxygen atoms in total. The lowest BCUT2D eigenvalue weighted by atomic mass is 9.87. The van der Waals surface area contributed by atoms with Gasteiger partial charge in [0.15, 0.2) is 0 Å². The Hall–Kier alpha value is -1.65. The minimum absolute atomic E-state index is 0.0155. The van der Waals surface area contributed by atoms with Crippen molar-refractivity contribution < 1.29 is 4.79 Å². The second-order valence-corrected chi connectivity index (χ2v) is 7.99. The molecule has 1 aromatic rings. The molecule has 138 valence electrons. The van der Waals surface area contributed by atoms with E-state index in [0.717, 1.165) is 51.3 Å². The maximum absolute atomic E-state index is 11.9. The molecule has 1 aromatic carbocycles. The van der Waals surface area contributed by atoms with Gasteiger partial charge in [0.25, 0.3) is 0 Å². The summed E-state index contributed by atoms with van der Waals surface area (Å²) in [5, 5.41) is 2.97. The van der Waals surface area contributed by atoms with E-state index in [0.29, 0.717) is 0 Å². The summed E-state index contributed by atoms with van der Waals surface area (Å²) >= 11 is 0. The van der Waals surface area contributed by atoms with E-state index in [-0.39, 0.29) is 11.3 Å². The third-order valence-electron chi connectivity index (χ3n) is 4.75. The van der Waals surface area contributed by atoms with Crippen LogP contribution in [0.1, 0.15) is 38.3 Å². The van der Waals surface area contributed by atoms with Crippen LogP contribution in [0.25, 0.3) is 6.08 Å². The average molecular weight is 344 g/mol. The minimum atomic E-state index is -0.0155. The highest BCUT2D eigenvalue weighted by Crippen LogP contribution is 2.22. The van der Waals surface area contributed by atoms with Crippen LogP contribution in [0.2, 0.25) is 0 Å². The number of carbonyl (C=O) groups is 1. The zero-order chi connectivity index (χ0) is 18.3. The number of rotatable bonds is 6. The Labute approximate surface area is 152 Å². The van der Waals surface area contributed by atoms with Crippen molar-refractivity contribution in [2.75, 3.05) is 46.3 Å². The summed E-state index contributed by atoms with van der Waals surface area (Å²) in [6.45, 7) is 13.0. The monoisotopic (exact) mass is 343 g/mol. The topological polar surface area (TPSA) is 35.6 Å². The van der Waals surface area contributed by atoms with Crippen molar-refractivity contribution in [1.82, 2.24) is 15.1 Å². The van der Waals surface area contributed by atoms with Crippen molar-refractivity contribution in [1.29, 1.82) is 0 Å². The van der Waals surface area contributed by atoms with E-state index in [1.165, 1.54) is 5.56 Å². The van der Waals surface area contributed by atoms with E-state index in [1.807, 2.05) is 6.08 Å². The predicted octanol–water partition coefficient (Wildman–Crippen LogP) is 2.75. The van der Waals surface area contributed by atoms with Gasteiger partial charge >= 0.3 is 0 Å². The molecule has 0 radical (unpaired) electrons. The summed E-state index contributed by atoms with van der Waals surface area (Å²) in [6.07, 6.45) is 4.51. The molecule has 2 rings (SSSR count). The van der Waals surface area contributed by atoms with Gasteiger partial charge in [-0.05, 0) is 42.6 Å². The SMILES string of the molecule is CN1CCN(CCCNC(=O)/C=C/c2ccc(C(C)(C)C)cc2)CC1. The number of nitrogens with one attached hydrogen (secondary N) is 1. The second-order valence-electron chi connectivity index (χ2n) is 7.99. The van der Waals surface area contributed by atoms with Crippen LogP contribution in [0, 0.1) is 0 Å². The van der Waals surface area contributed by atoms with E-state index < -0.39 is 0 Å². The fraction of sp³-hybridized carbons (Fsp3) is 0.571. The van der Waals surface area contributed by atoms with Crippen molar-refractivity contribution in [2.24, 2.45) is 0 Å². The first-order chi connectivity index (χ1) is 11.8. The number of hydrogen-bond acceptors (Lipinski definition) is 3. The van der Waals surface area contributed by atoms with E-state index in [1.54, 1.807) is 6.08 Å². The highest BCUT2D eigenvalue weighted by Gasteiger charge is 2.13. The third-order valence-corrected chi connectivity index (χ3v) is 4.75. The number of carbonyl (C=O) groups excluding carboxylic acids is 1. The van der Waals surface area contributed by atoms with Crippen molar-refractivity contribution in [2.45, 2.75) is 32.6 Å². The zero-order valence-electron chi connectivity index (χ0n) is 16.2. The Morgan fingerprint density at radius 2 is 1.76 bits per heavy atom. The van der Waals surface area contributed by atoms with Gasteiger partial charge in [-0.15, -0.1) is 0 Å². The molecule has 0 spiro atoms. The van der Waals surface area contributed by atoms with Gasteiger partial charge < -0.3 is 15.1 Å². The Kier molecular flexibility index (Phi) is 7.21. The third kappa shape index (κ3) is 7.00. The van der Waals surface area contributed by atoms with Gasteiger partial charge in [-0.3, -0.25) is 4.79 Å². The van der Waals surface area contributed by atoms with Crippen LogP contribution in [0.15, 0.2) is 30.3 Å². The second kappa shape index (κ2) is 9.16. The molecule has 0 saturated carbocycles. The van der Waals surface area contributed by atoms with Gasteiger partial charge in [0.1, 0.15) is 0 Å². The molecule has 4 heteroatoms. The van der Waals surface area contributed by atoms with Crippen LogP contribution in [-0.2, 0) is 10.2 Å². The maximum atomic E-state index is 11.9. The van der Waals surface area contributed by atoms with E-state index in [4.69, 9.17) is 0 Å². The Morgan fingerprint density at radius 1 is 1.12 bits per heavy atom.